The third-order valence-corrected chi connectivity index (χ3v) is 6.28. The average Bonchev–Trinajstić information content (AvgIpc) is 2.75. The molecule has 1 aromatic heterocycles. The second-order valence-electron chi connectivity index (χ2n) is 8.16. The molecule has 0 aliphatic carbocycles. The number of benzene rings is 1. The molecule has 0 spiro atoms. The molecular formula is C23H29CaFN3O6S+. The van der Waals surface area contributed by atoms with Crippen molar-refractivity contribution in [1.82, 2.24) is 9.97 Å². The summed E-state index contributed by atoms with van der Waals surface area (Å²) >= 11 is 0. The maximum atomic E-state index is 13.5. The second-order valence-corrected chi connectivity index (χ2v) is 10.2. The van der Waals surface area contributed by atoms with Gasteiger partial charge in [-0.25, -0.2) is 27.1 Å². The molecule has 1 unspecified atom stereocenters. The number of carboxylic acids is 1. The van der Waals surface area contributed by atoms with E-state index in [4.69, 9.17) is 4.74 Å². The number of halogens is 1. The van der Waals surface area contributed by atoms with Crippen molar-refractivity contribution in [1.29, 1.82) is 0 Å². The SMILES string of the molecule is COC(CC(=O)[O-])C[C@H](O)/C=C/c1c(-c2ccc(F)cc2)nc(N(C)S(C)(=O)=O)nc1C(C)C.[Ca+2]. The minimum Gasteiger partial charge on any atom is -0.550 e. The van der Waals surface area contributed by atoms with Crippen molar-refractivity contribution in [3.63, 3.8) is 0 Å². The van der Waals surface area contributed by atoms with Gasteiger partial charge in [-0.2, -0.15) is 0 Å². The Hall–Kier alpha value is -1.63. The first kappa shape index (κ1) is 31.4. The van der Waals surface area contributed by atoms with E-state index in [1.54, 1.807) is 6.08 Å². The maximum Gasteiger partial charge on any atom is 2.00 e. The number of hydrogen-bond donors (Lipinski definition) is 1. The van der Waals surface area contributed by atoms with Crippen LogP contribution in [0.1, 0.15) is 43.9 Å². The Morgan fingerprint density at radius 3 is 2.34 bits per heavy atom. The molecule has 0 bridgehead atoms. The van der Waals surface area contributed by atoms with Crippen molar-refractivity contribution in [3.05, 3.63) is 47.4 Å². The number of methoxy groups -OCH3 is 1. The largest absolute Gasteiger partial charge is 2.00 e. The zero-order valence-corrected chi connectivity index (χ0v) is 23.5. The maximum absolute atomic E-state index is 13.5. The number of nitrogens with zero attached hydrogens (tertiary/aromatic N) is 3. The number of hydrogen-bond acceptors (Lipinski definition) is 8. The third kappa shape index (κ3) is 9.07. The number of aliphatic hydroxyl groups excluding tert-OH is 1. The summed E-state index contributed by atoms with van der Waals surface area (Å²) in [6.07, 6.45) is 1.94. The van der Waals surface area contributed by atoms with Gasteiger partial charge in [0.2, 0.25) is 16.0 Å². The van der Waals surface area contributed by atoms with Crippen molar-refractivity contribution in [2.24, 2.45) is 0 Å². The van der Waals surface area contributed by atoms with Gasteiger partial charge < -0.3 is 19.7 Å². The molecule has 0 aliphatic heterocycles. The van der Waals surface area contributed by atoms with Gasteiger partial charge in [-0.3, -0.25) is 0 Å². The second kappa shape index (κ2) is 13.6. The normalized spacial score (nSPS) is 13.5. The summed E-state index contributed by atoms with van der Waals surface area (Å²) in [5.41, 5.74) is 1.90. The van der Waals surface area contributed by atoms with Crippen LogP contribution in [0.4, 0.5) is 10.3 Å². The van der Waals surface area contributed by atoms with E-state index in [2.05, 4.69) is 9.97 Å². The molecule has 1 N–H and O–H groups in total. The van der Waals surface area contributed by atoms with Crippen LogP contribution in [-0.2, 0) is 19.6 Å². The Labute approximate surface area is 235 Å². The molecule has 186 valence electrons. The smallest absolute Gasteiger partial charge is 0.550 e. The average molecular weight is 535 g/mol. The fourth-order valence-electron chi connectivity index (χ4n) is 3.20. The van der Waals surface area contributed by atoms with Crippen molar-refractivity contribution < 1.29 is 32.6 Å². The van der Waals surface area contributed by atoms with Crippen LogP contribution in [0.15, 0.2) is 30.3 Å². The van der Waals surface area contributed by atoms with Crippen LogP contribution < -0.4 is 9.41 Å². The van der Waals surface area contributed by atoms with Gasteiger partial charge in [0.15, 0.2) is 0 Å². The van der Waals surface area contributed by atoms with Crippen molar-refractivity contribution in [2.75, 3.05) is 24.7 Å². The van der Waals surface area contributed by atoms with Crippen LogP contribution in [-0.4, -0.2) is 99.8 Å². The molecule has 0 amide bonds. The molecule has 1 heterocycles. The van der Waals surface area contributed by atoms with Crippen LogP contribution in [0.5, 0.6) is 0 Å². The number of ether oxygens (including phenoxy) is 1. The Kier molecular flexibility index (Phi) is 12.2. The number of aromatic nitrogens is 2. The van der Waals surface area contributed by atoms with Gasteiger partial charge in [-0.1, -0.05) is 26.0 Å². The number of aliphatic hydroxyl groups is 1. The molecular weight excluding hydrogens is 505 g/mol. The van der Waals surface area contributed by atoms with Crippen LogP contribution in [0.25, 0.3) is 17.3 Å². The first-order valence-electron chi connectivity index (χ1n) is 10.5. The fourth-order valence-corrected chi connectivity index (χ4v) is 3.58. The molecule has 2 aromatic rings. The number of anilines is 1. The molecule has 9 nitrogen and oxygen atoms in total. The van der Waals surface area contributed by atoms with E-state index in [0.717, 1.165) is 10.6 Å². The Morgan fingerprint density at radius 2 is 1.86 bits per heavy atom. The quantitative estimate of drug-likeness (QED) is 0.427. The fraction of sp³-hybridized carbons (Fsp3) is 0.435. The van der Waals surface area contributed by atoms with E-state index < -0.39 is 34.0 Å². The number of aliphatic carboxylic acids is 1. The van der Waals surface area contributed by atoms with Crippen LogP contribution in [0, 0.1) is 5.82 Å². The van der Waals surface area contributed by atoms with Crippen molar-refractivity contribution in [2.45, 2.75) is 44.8 Å². The molecule has 0 fully saturated rings. The van der Waals surface area contributed by atoms with E-state index in [1.807, 2.05) is 13.8 Å². The first-order valence-corrected chi connectivity index (χ1v) is 12.4. The summed E-state index contributed by atoms with van der Waals surface area (Å²) in [6, 6.07) is 5.55. The van der Waals surface area contributed by atoms with Gasteiger partial charge in [-0.15, -0.1) is 0 Å². The predicted octanol–water partition coefficient (Wildman–Crippen LogP) is 1.34. The number of carbonyl (C=O) groups is 1. The molecule has 0 radical (unpaired) electrons. The monoisotopic (exact) mass is 534 g/mol. The van der Waals surface area contributed by atoms with Crippen molar-refractivity contribution in [3.8, 4) is 11.3 Å². The predicted molar refractivity (Wildman–Crippen MR) is 131 cm³/mol. The van der Waals surface area contributed by atoms with Gasteiger partial charge in [-0.05, 0) is 30.2 Å². The minimum atomic E-state index is -3.65. The Balaban J connectivity index is 0.00000612. The standard InChI is InChI=1S/C23H30FN3O6S.Ca/c1-14(2)21-19(11-10-17(28)12-18(33-4)13-20(29)30)22(15-6-8-16(24)9-7-15)26-23(25-21)27(3)34(5,31)32;/h6-11,14,17-18,28H,12-13H2,1-5H3,(H,29,30);/q;+2/p-1/b11-10+;/t17-,18?;/m1./s1. The molecule has 2 atom stereocenters. The van der Waals surface area contributed by atoms with Gasteiger partial charge in [0.1, 0.15) is 5.82 Å². The molecule has 0 saturated heterocycles. The zero-order chi connectivity index (χ0) is 25.6. The van der Waals surface area contributed by atoms with Crippen LogP contribution in [0.2, 0.25) is 0 Å². The van der Waals surface area contributed by atoms with E-state index in [9.17, 15) is 27.8 Å². The summed E-state index contributed by atoms with van der Waals surface area (Å²) in [7, 11) is -0.962. The molecule has 35 heavy (non-hydrogen) atoms. The molecule has 0 aliphatic rings. The minimum absolute atomic E-state index is 0. The van der Waals surface area contributed by atoms with E-state index in [-0.39, 0.29) is 62.4 Å². The summed E-state index contributed by atoms with van der Waals surface area (Å²) < 4.78 is 43.8. The third-order valence-electron chi connectivity index (χ3n) is 5.12. The van der Waals surface area contributed by atoms with E-state index in [1.165, 1.54) is 44.5 Å². The van der Waals surface area contributed by atoms with Gasteiger partial charge >= 0.3 is 37.7 Å². The Bertz CT molecular complexity index is 1140. The van der Waals surface area contributed by atoms with Crippen LogP contribution >= 0.6 is 0 Å². The van der Waals surface area contributed by atoms with E-state index in [0.29, 0.717) is 22.5 Å². The van der Waals surface area contributed by atoms with Gasteiger partial charge in [0.05, 0.1) is 29.9 Å². The number of carboxylic acid groups (broad SMARTS) is 1. The summed E-state index contributed by atoms with van der Waals surface area (Å²) in [5.74, 6) is -1.93. The molecule has 12 heteroatoms. The van der Waals surface area contributed by atoms with Gasteiger partial charge in [0.25, 0.3) is 0 Å². The van der Waals surface area contributed by atoms with Crippen LogP contribution in [0.3, 0.4) is 0 Å². The molecule has 2 rings (SSSR count). The summed E-state index contributed by atoms with van der Waals surface area (Å²) in [6.45, 7) is 3.74. The summed E-state index contributed by atoms with van der Waals surface area (Å²) in [5, 5.41) is 21.3. The molecule has 1 aromatic carbocycles. The van der Waals surface area contributed by atoms with E-state index >= 15 is 0 Å². The number of carbonyl (C=O) groups excluding carboxylic acids is 1. The number of sulfonamides is 1. The first-order chi connectivity index (χ1) is 15.8. The zero-order valence-electron chi connectivity index (χ0n) is 20.4. The topological polar surface area (TPSA) is 133 Å². The summed E-state index contributed by atoms with van der Waals surface area (Å²) in [4.78, 5) is 19.8. The Morgan fingerprint density at radius 1 is 1.26 bits per heavy atom. The number of rotatable bonds is 11. The molecule has 0 saturated carbocycles. The van der Waals surface area contributed by atoms with Crippen molar-refractivity contribution >= 4 is 65.8 Å². The van der Waals surface area contributed by atoms with Gasteiger partial charge in [0, 0.05) is 44.1 Å².